The summed E-state index contributed by atoms with van der Waals surface area (Å²) in [6, 6.07) is 22.5. The summed E-state index contributed by atoms with van der Waals surface area (Å²) < 4.78 is 10.1. The molecule has 7 heteroatoms. The van der Waals surface area contributed by atoms with Gasteiger partial charge in [0.05, 0.1) is 22.8 Å². The van der Waals surface area contributed by atoms with Crippen LogP contribution >= 0.6 is 0 Å². The van der Waals surface area contributed by atoms with Crippen LogP contribution in [0.1, 0.15) is 37.5 Å². The molecule has 196 valence electrons. The minimum absolute atomic E-state index is 0.0118. The molecule has 0 aliphatic rings. The molecular formula is C33H25N3O4. The van der Waals surface area contributed by atoms with Gasteiger partial charge in [-0.15, -0.1) is 0 Å². The van der Waals surface area contributed by atoms with Gasteiger partial charge in [0.15, 0.2) is 0 Å². The Labute approximate surface area is 231 Å². The van der Waals surface area contributed by atoms with Crippen LogP contribution < -0.4 is 9.47 Å². The van der Waals surface area contributed by atoms with Crippen molar-refractivity contribution < 1.29 is 19.1 Å². The topological polar surface area (TPSA) is 91.3 Å². The molecule has 0 N–H and O–H groups in total. The van der Waals surface area contributed by atoms with E-state index in [1.54, 1.807) is 30.5 Å². The highest BCUT2D eigenvalue weighted by Crippen LogP contribution is 2.31. The molecule has 2 aromatic carbocycles. The number of hydrogen-bond acceptors (Lipinski definition) is 7. The molecule has 0 atom stereocenters. The number of rotatable bonds is 6. The van der Waals surface area contributed by atoms with Crippen LogP contribution in [0.4, 0.5) is 0 Å². The minimum atomic E-state index is 0.0118. The van der Waals surface area contributed by atoms with Crippen LogP contribution in [0.25, 0.3) is 33.5 Å². The Kier molecular flexibility index (Phi) is 7.34. The maximum absolute atomic E-state index is 11.1. The van der Waals surface area contributed by atoms with Gasteiger partial charge in [-0.05, 0) is 46.0 Å². The molecule has 0 fully saturated rings. The van der Waals surface area contributed by atoms with Gasteiger partial charge in [0.25, 0.3) is 12.9 Å². The fraction of sp³-hybridized carbons (Fsp3) is 0.121. The number of aromatic nitrogens is 3. The fourth-order valence-electron chi connectivity index (χ4n) is 4.43. The molecule has 0 saturated heterocycles. The summed E-state index contributed by atoms with van der Waals surface area (Å²) in [4.78, 5) is 35.3. The van der Waals surface area contributed by atoms with E-state index in [0.29, 0.717) is 41.5 Å². The largest absolute Gasteiger partial charge is 0.429 e. The quantitative estimate of drug-likeness (QED) is 0.194. The number of ether oxygens (including phenoxy) is 2. The van der Waals surface area contributed by atoms with Crippen LogP contribution in [0.5, 0.6) is 11.5 Å². The molecule has 5 aromatic rings. The highest BCUT2D eigenvalue weighted by molar-refractivity contribution is 5.91. The number of hydrogen-bond donors (Lipinski definition) is 0. The zero-order valence-electron chi connectivity index (χ0n) is 22.2. The maximum atomic E-state index is 11.1. The lowest BCUT2D eigenvalue weighted by atomic mass is 9.83. The van der Waals surface area contributed by atoms with E-state index in [1.807, 2.05) is 24.3 Å². The molecule has 0 aliphatic heterocycles. The van der Waals surface area contributed by atoms with E-state index in [1.165, 1.54) is 17.1 Å². The first-order valence-electron chi connectivity index (χ1n) is 12.6. The number of carbonyl (C=O) groups is 2. The summed E-state index contributed by atoms with van der Waals surface area (Å²) in [7, 11) is 0. The number of carbonyl (C=O) groups excluding carboxylic acids is 2. The van der Waals surface area contributed by atoms with Crippen LogP contribution in [-0.2, 0) is 15.0 Å². The Morgan fingerprint density at radius 3 is 2.02 bits per heavy atom. The van der Waals surface area contributed by atoms with Crippen molar-refractivity contribution >= 4 is 23.7 Å². The maximum Gasteiger partial charge on any atom is 0.298 e. The lowest BCUT2D eigenvalue weighted by Crippen LogP contribution is -2.11. The van der Waals surface area contributed by atoms with Gasteiger partial charge >= 0.3 is 0 Å². The van der Waals surface area contributed by atoms with Gasteiger partial charge in [0.2, 0.25) is 0 Å². The molecule has 40 heavy (non-hydrogen) atoms. The normalized spacial score (nSPS) is 10.9. The zero-order chi connectivity index (χ0) is 28.1. The molecule has 0 amide bonds. The average molecular weight is 528 g/mol. The Bertz CT molecular complexity index is 1800. The number of fused-ring (bicyclic) bond motifs is 1. The van der Waals surface area contributed by atoms with Gasteiger partial charge in [-0.2, -0.15) is 0 Å². The second-order valence-electron chi connectivity index (χ2n) is 10.0. The minimum Gasteiger partial charge on any atom is -0.429 e. The van der Waals surface area contributed by atoms with Crippen molar-refractivity contribution in [2.24, 2.45) is 0 Å². The van der Waals surface area contributed by atoms with E-state index < -0.39 is 0 Å². The van der Waals surface area contributed by atoms with Gasteiger partial charge < -0.3 is 9.47 Å². The van der Waals surface area contributed by atoms with Gasteiger partial charge in [-0.1, -0.05) is 62.9 Å². The third-order valence-corrected chi connectivity index (χ3v) is 6.26. The first kappa shape index (κ1) is 26.3. The number of nitrogens with zero attached hydrogens (tertiary/aromatic N) is 3. The predicted molar refractivity (Wildman–Crippen MR) is 153 cm³/mol. The van der Waals surface area contributed by atoms with Crippen LogP contribution in [0.3, 0.4) is 0 Å². The summed E-state index contributed by atoms with van der Waals surface area (Å²) >= 11 is 0. The summed E-state index contributed by atoms with van der Waals surface area (Å²) in [5.41, 5.74) is 4.81. The Hall–Kier alpha value is -5.35. The van der Waals surface area contributed by atoms with Crippen LogP contribution in [0.15, 0.2) is 85.2 Å². The van der Waals surface area contributed by atoms with Crippen molar-refractivity contribution in [1.82, 2.24) is 15.0 Å². The third kappa shape index (κ3) is 5.71. The Morgan fingerprint density at radius 2 is 1.30 bits per heavy atom. The molecule has 0 aliphatic carbocycles. The fourth-order valence-corrected chi connectivity index (χ4v) is 4.43. The van der Waals surface area contributed by atoms with Crippen molar-refractivity contribution in [3.8, 4) is 46.1 Å². The molecule has 0 saturated carbocycles. The lowest BCUT2D eigenvalue weighted by Gasteiger charge is -2.21. The molecule has 0 spiro atoms. The van der Waals surface area contributed by atoms with Gasteiger partial charge in [0, 0.05) is 41.7 Å². The van der Waals surface area contributed by atoms with E-state index in [0.717, 1.165) is 16.5 Å². The highest BCUT2D eigenvalue weighted by atomic mass is 16.5. The Balaban J connectivity index is 1.54. The van der Waals surface area contributed by atoms with Gasteiger partial charge in [-0.3, -0.25) is 19.6 Å². The molecular weight excluding hydrogens is 502 g/mol. The SMILES string of the molecule is CC(C)(C)c1cccc2c(C#Cc3ccnc(-c4cc(OC=O)cc(-c5cc(OC=O)ccn5)n4)c3)cccc12. The van der Waals surface area contributed by atoms with Crippen molar-refractivity contribution in [3.63, 3.8) is 0 Å². The van der Waals surface area contributed by atoms with E-state index in [9.17, 15) is 9.59 Å². The number of benzene rings is 2. The van der Waals surface area contributed by atoms with Crippen LogP contribution in [0.2, 0.25) is 0 Å². The monoisotopic (exact) mass is 527 g/mol. The smallest absolute Gasteiger partial charge is 0.298 e. The molecule has 3 heterocycles. The highest BCUT2D eigenvalue weighted by Gasteiger charge is 2.17. The first-order valence-corrected chi connectivity index (χ1v) is 12.6. The summed E-state index contributed by atoms with van der Waals surface area (Å²) in [5.74, 6) is 7.16. The summed E-state index contributed by atoms with van der Waals surface area (Å²) in [5, 5.41) is 2.30. The number of pyridine rings is 3. The van der Waals surface area contributed by atoms with Crippen molar-refractivity contribution in [2.45, 2.75) is 26.2 Å². The molecule has 5 rings (SSSR count). The van der Waals surface area contributed by atoms with Crippen molar-refractivity contribution in [1.29, 1.82) is 0 Å². The second kappa shape index (κ2) is 11.2. The third-order valence-electron chi connectivity index (χ3n) is 6.26. The first-order chi connectivity index (χ1) is 19.4. The zero-order valence-corrected chi connectivity index (χ0v) is 22.2. The lowest BCUT2D eigenvalue weighted by molar-refractivity contribution is -0.121. The van der Waals surface area contributed by atoms with E-state index in [4.69, 9.17) is 9.47 Å². The van der Waals surface area contributed by atoms with Crippen molar-refractivity contribution in [2.75, 3.05) is 0 Å². The molecule has 3 aromatic heterocycles. The predicted octanol–water partition coefficient (Wildman–Crippen LogP) is 6.13. The molecule has 0 radical (unpaired) electrons. The van der Waals surface area contributed by atoms with E-state index >= 15 is 0 Å². The van der Waals surface area contributed by atoms with Gasteiger partial charge in [-0.25, -0.2) is 4.98 Å². The summed E-state index contributed by atoms with van der Waals surface area (Å²) in [6.07, 6.45) is 3.15. The van der Waals surface area contributed by atoms with Crippen molar-refractivity contribution in [3.05, 3.63) is 102 Å². The summed E-state index contributed by atoms with van der Waals surface area (Å²) in [6.45, 7) is 7.30. The van der Waals surface area contributed by atoms with Crippen LogP contribution in [0, 0.1) is 11.8 Å². The molecule has 0 unspecified atom stereocenters. The average Bonchev–Trinajstić information content (AvgIpc) is 2.96. The Morgan fingerprint density at radius 1 is 0.675 bits per heavy atom. The van der Waals surface area contributed by atoms with Crippen LogP contribution in [-0.4, -0.2) is 27.9 Å². The second-order valence-corrected chi connectivity index (χ2v) is 10.0. The van der Waals surface area contributed by atoms with Gasteiger partial charge in [0.1, 0.15) is 11.5 Å². The molecule has 7 nitrogen and oxygen atoms in total. The van der Waals surface area contributed by atoms with E-state index in [2.05, 4.69) is 71.8 Å². The standard InChI is InChI=1S/C33H25N3O4/c1-33(2,3)28-9-5-7-26-23(6-4-8-27(26)28)11-10-22-12-14-34-29(16-22)31-18-25(40-21-38)19-32(36-31)30-17-24(39-20-37)13-15-35-30/h4-9,12-21H,1-3H3. The van der Waals surface area contributed by atoms with E-state index in [-0.39, 0.29) is 11.2 Å². The molecule has 0 bridgehead atoms.